The molecular formula is C17H34N2O. The van der Waals surface area contributed by atoms with Gasteiger partial charge in [-0.3, -0.25) is 0 Å². The minimum Gasteiger partial charge on any atom is -0.389 e. The number of nitrogens with two attached hydrogens (primary N) is 1. The summed E-state index contributed by atoms with van der Waals surface area (Å²) in [5, 5.41) is 11.3. The van der Waals surface area contributed by atoms with Gasteiger partial charge in [0.15, 0.2) is 0 Å². The van der Waals surface area contributed by atoms with Gasteiger partial charge in [-0.15, -0.1) is 0 Å². The van der Waals surface area contributed by atoms with Crippen molar-refractivity contribution < 1.29 is 5.11 Å². The fourth-order valence-corrected chi connectivity index (χ4v) is 4.21. The molecule has 118 valence electrons. The molecule has 1 heterocycles. The van der Waals surface area contributed by atoms with Gasteiger partial charge in [0, 0.05) is 31.1 Å². The second-order valence-corrected chi connectivity index (χ2v) is 8.31. The molecule has 0 atom stereocenters. The summed E-state index contributed by atoms with van der Waals surface area (Å²) in [6.45, 7) is 11.8. The predicted molar refractivity (Wildman–Crippen MR) is 84.6 cm³/mol. The van der Waals surface area contributed by atoms with E-state index in [0.29, 0.717) is 18.0 Å². The van der Waals surface area contributed by atoms with Crippen LogP contribution in [0.25, 0.3) is 0 Å². The summed E-state index contributed by atoms with van der Waals surface area (Å²) in [6.07, 6.45) is 6.36. The summed E-state index contributed by atoms with van der Waals surface area (Å²) in [6, 6.07) is 0.582. The lowest BCUT2D eigenvalue weighted by molar-refractivity contribution is -0.143. The van der Waals surface area contributed by atoms with Gasteiger partial charge in [0.25, 0.3) is 0 Å². The lowest BCUT2D eigenvalue weighted by Crippen LogP contribution is -2.60. The van der Waals surface area contributed by atoms with Crippen molar-refractivity contribution in [2.45, 2.75) is 77.9 Å². The Morgan fingerprint density at radius 2 is 1.50 bits per heavy atom. The molecule has 3 N–H and O–H groups in total. The van der Waals surface area contributed by atoms with Gasteiger partial charge >= 0.3 is 0 Å². The lowest BCUT2D eigenvalue weighted by atomic mass is 9.56. The summed E-state index contributed by atoms with van der Waals surface area (Å²) in [5.41, 5.74) is 6.01. The molecule has 0 aromatic heterocycles. The normalized spacial score (nSPS) is 29.6. The Balaban J connectivity index is 2.08. The lowest BCUT2D eigenvalue weighted by Gasteiger charge is -2.55. The highest BCUT2D eigenvalue weighted by molar-refractivity contribution is 5.05. The van der Waals surface area contributed by atoms with Crippen molar-refractivity contribution in [1.82, 2.24) is 4.90 Å². The smallest absolute Gasteiger partial charge is 0.0740 e. The van der Waals surface area contributed by atoms with E-state index in [-0.39, 0.29) is 5.41 Å². The first kappa shape index (κ1) is 16.3. The third-order valence-electron chi connectivity index (χ3n) is 6.29. The van der Waals surface area contributed by atoms with Gasteiger partial charge < -0.3 is 15.7 Å². The van der Waals surface area contributed by atoms with Crippen LogP contribution in [0.1, 0.15) is 66.2 Å². The van der Waals surface area contributed by atoms with Crippen LogP contribution in [-0.4, -0.2) is 41.3 Å². The average Bonchev–Trinajstić information content (AvgIpc) is 2.39. The SMILES string of the molecule is CC(C)N1CCC(O)(C2(CN)CCC(C)(C)CC2)CC1. The van der Waals surface area contributed by atoms with Gasteiger partial charge in [-0.05, 0) is 57.8 Å². The van der Waals surface area contributed by atoms with Crippen LogP contribution < -0.4 is 5.73 Å². The van der Waals surface area contributed by atoms with Crippen LogP contribution in [-0.2, 0) is 0 Å². The predicted octanol–water partition coefficient (Wildman–Crippen LogP) is 2.77. The van der Waals surface area contributed by atoms with Crippen LogP contribution in [0.3, 0.4) is 0 Å². The fraction of sp³-hybridized carbons (Fsp3) is 1.00. The summed E-state index contributed by atoms with van der Waals surface area (Å²) >= 11 is 0. The molecule has 2 rings (SSSR count). The van der Waals surface area contributed by atoms with E-state index in [1.165, 1.54) is 12.8 Å². The van der Waals surface area contributed by atoms with Gasteiger partial charge in [0.1, 0.15) is 0 Å². The van der Waals surface area contributed by atoms with E-state index in [9.17, 15) is 5.11 Å². The monoisotopic (exact) mass is 282 g/mol. The van der Waals surface area contributed by atoms with Crippen molar-refractivity contribution in [3.05, 3.63) is 0 Å². The molecule has 1 aliphatic heterocycles. The summed E-state index contributed by atoms with van der Waals surface area (Å²) in [4.78, 5) is 2.48. The Morgan fingerprint density at radius 3 is 1.90 bits per heavy atom. The molecule has 1 aliphatic carbocycles. The van der Waals surface area contributed by atoms with Gasteiger partial charge in [0.2, 0.25) is 0 Å². The van der Waals surface area contributed by atoms with E-state index in [1.807, 2.05) is 0 Å². The van der Waals surface area contributed by atoms with Crippen LogP contribution in [0.4, 0.5) is 0 Å². The molecule has 0 unspecified atom stereocenters. The maximum absolute atomic E-state index is 11.3. The summed E-state index contributed by atoms with van der Waals surface area (Å²) < 4.78 is 0. The van der Waals surface area contributed by atoms with E-state index in [4.69, 9.17) is 5.73 Å². The number of nitrogens with zero attached hydrogens (tertiary/aromatic N) is 1. The Labute approximate surface area is 124 Å². The molecule has 3 heteroatoms. The zero-order valence-corrected chi connectivity index (χ0v) is 13.9. The first-order valence-corrected chi connectivity index (χ1v) is 8.40. The zero-order chi connectivity index (χ0) is 15.0. The number of aliphatic hydroxyl groups is 1. The highest BCUT2D eigenvalue weighted by Crippen LogP contribution is 2.53. The third kappa shape index (κ3) is 2.90. The van der Waals surface area contributed by atoms with Crippen molar-refractivity contribution in [2.75, 3.05) is 19.6 Å². The number of piperidine rings is 1. The van der Waals surface area contributed by atoms with Crippen LogP contribution >= 0.6 is 0 Å². The Hall–Kier alpha value is -0.120. The van der Waals surface area contributed by atoms with E-state index in [2.05, 4.69) is 32.6 Å². The van der Waals surface area contributed by atoms with Crippen molar-refractivity contribution >= 4 is 0 Å². The summed E-state index contributed by atoms with van der Waals surface area (Å²) in [5.74, 6) is 0. The largest absolute Gasteiger partial charge is 0.389 e. The van der Waals surface area contributed by atoms with Gasteiger partial charge in [-0.2, -0.15) is 0 Å². The number of likely N-dealkylation sites (tertiary alicyclic amines) is 1. The fourth-order valence-electron chi connectivity index (χ4n) is 4.21. The van der Waals surface area contributed by atoms with Gasteiger partial charge in [-0.25, -0.2) is 0 Å². The molecule has 20 heavy (non-hydrogen) atoms. The number of rotatable bonds is 3. The average molecular weight is 282 g/mol. The van der Waals surface area contributed by atoms with Gasteiger partial charge in [0.05, 0.1) is 5.60 Å². The first-order chi connectivity index (χ1) is 9.24. The van der Waals surface area contributed by atoms with Crippen molar-refractivity contribution in [3.63, 3.8) is 0 Å². The minimum absolute atomic E-state index is 0.0361. The molecule has 0 spiro atoms. The second-order valence-electron chi connectivity index (χ2n) is 8.31. The second kappa shape index (κ2) is 5.58. The molecule has 0 aromatic carbocycles. The van der Waals surface area contributed by atoms with E-state index < -0.39 is 5.60 Å². The first-order valence-electron chi connectivity index (χ1n) is 8.40. The molecule has 0 amide bonds. The van der Waals surface area contributed by atoms with E-state index in [1.54, 1.807) is 0 Å². The molecule has 1 saturated carbocycles. The number of hydrogen-bond acceptors (Lipinski definition) is 3. The molecule has 0 radical (unpaired) electrons. The van der Waals surface area contributed by atoms with Crippen LogP contribution in [0, 0.1) is 10.8 Å². The molecule has 1 saturated heterocycles. The Morgan fingerprint density at radius 1 is 1.00 bits per heavy atom. The number of hydrogen-bond donors (Lipinski definition) is 2. The molecule has 2 fully saturated rings. The highest BCUT2D eigenvalue weighted by Gasteiger charge is 2.52. The Kier molecular flexibility index (Phi) is 4.54. The minimum atomic E-state index is -0.538. The van der Waals surface area contributed by atoms with Crippen molar-refractivity contribution in [1.29, 1.82) is 0 Å². The topological polar surface area (TPSA) is 49.5 Å². The molecule has 3 nitrogen and oxygen atoms in total. The van der Waals surface area contributed by atoms with Crippen LogP contribution in [0.15, 0.2) is 0 Å². The maximum atomic E-state index is 11.3. The molecule has 2 aliphatic rings. The van der Waals surface area contributed by atoms with E-state index in [0.717, 1.165) is 38.8 Å². The third-order valence-corrected chi connectivity index (χ3v) is 6.29. The quantitative estimate of drug-likeness (QED) is 0.837. The van der Waals surface area contributed by atoms with Crippen LogP contribution in [0.5, 0.6) is 0 Å². The maximum Gasteiger partial charge on any atom is 0.0740 e. The molecule has 0 aromatic rings. The summed E-state index contributed by atoms with van der Waals surface area (Å²) in [7, 11) is 0. The zero-order valence-electron chi connectivity index (χ0n) is 13.9. The van der Waals surface area contributed by atoms with E-state index >= 15 is 0 Å². The highest BCUT2D eigenvalue weighted by atomic mass is 16.3. The van der Waals surface area contributed by atoms with Gasteiger partial charge in [-0.1, -0.05) is 13.8 Å². The molecule has 0 bridgehead atoms. The molecular weight excluding hydrogens is 248 g/mol. The van der Waals surface area contributed by atoms with Crippen molar-refractivity contribution in [3.8, 4) is 0 Å². The standard InChI is InChI=1S/C17H34N2O/c1-14(2)19-11-9-17(20,10-12-19)16(13-18)7-5-15(3,4)6-8-16/h14,20H,5-13,18H2,1-4H3. The van der Waals surface area contributed by atoms with Crippen molar-refractivity contribution in [2.24, 2.45) is 16.6 Å². The van der Waals surface area contributed by atoms with Crippen LogP contribution in [0.2, 0.25) is 0 Å². The Bertz CT molecular complexity index is 320.